The topological polar surface area (TPSA) is 36.4 Å². The summed E-state index contributed by atoms with van der Waals surface area (Å²) in [6.07, 6.45) is 11.0. The third-order valence-corrected chi connectivity index (χ3v) is 5.63. The lowest BCUT2D eigenvalue weighted by Crippen LogP contribution is -2.45. The lowest BCUT2D eigenvalue weighted by Gasteiger charge is -2.25. The number of aliphatic imine (C=N–C) groups is 1. The molecule has 0 aromatic rings. The Balaban J connectivity index is 0.00000200. The monoisotopic (exact) mass is 409 g/mol. The molecule has 116 valence electrons. The lowest BCUT2D eigenvalue weighted by atomic mass is 9.94. The molecule has 0 bridgehead atoms. The van der Waals surface area contributed by atoms with E-state index in [0.717, 1.165) is 25.0 Å². The van der Waals surface area contributed by atoms with Crippen LogP contribution in [0.15, 0.2) is 17.1 Å². The molecule has 0 aromatic carbocycles. The van der Waals surface area contributed by atoms with E-state index in [1.165, 1.54) is 37.9 Å². The SMILES string of the molecule is CN=C(NCC1CC=CCC1)NCC1(C)CCCS1.I. The van der Waals surface area contributed by atoms with Crippen molar-refractivity contribution in [3.8, 4) is 0 Å². The average Bonchev–Trinajstić information content (AvgIpc) is 2.87. The molecule has 2 aliphatic rings. The zero-order valence-corrected chi connectivity index (χ0v) is 15.8. The average molecular weight is 409 g/mol. The highest BCUT2D eigenvalue weighted by molar-refractivity contribution is 14.0. The maximum Gasteiger partial charge on any atom is 0.191 e. The van der Waals surface area contributed by atoms with Crippen LogP contribution in [0.5, 0.6) is 0 Å². The maximum atomic E-state index is 4.33. The van der Waals surface area contributed by atoms with E-state index in [0.29, 0.717) is 4.75 Å². The first-order chi connectivity index (χ1) is 9.22. The van der Waals surface area contributed by atoms with Gasteiger partial charge in [-0.15, -0.1) is 24.0 Å². The zero-order chi connectivity index (χ0) is 13.6. The molecule has 1 aliphatic carbocycles. The Kier molecular flexibility index (Phi) is 8.32. The summed E-state index contributed by atoms with van der Waals surface area (Å²) >= 11 is 2.09. The second-order valence-corrected chi connectivity index (χ2v) is 7.54. The molecule has 2 rings (SSSR count). The number of allylic oxidation sites excluding steroid dienone is 2. The molecule has 0 amide bonds. The molecular weight excluding hydrogens is 381 g/mol. The first-order valence-electron chi connectivity index (χ1n) is 7.45. The summed E-state index contributed by atoms with van der Waals surface area (Å²) in [5, 5.41) is 6.97. The molecule has 2 atom stereocenters. The number of rotatable bonds is 4. The Morgan fingerprint density at radius 3 is 2.85 bits per heavy atom. The van der Waals surface area contributed by atoms with E-state index in [4.69, 9.17) is 0 Å². The molecule has 1 aliphatic heterocycles. The summed E-state index contributed by atoms with van der Waals surface area (Å²) in [6.45, 7) is 4.41. The third kappa shape index (κ3) is 5.84. The van der Waals surface area contributed by atoms with Crippen molar-refractivity contribution in [2.45, 2.75) is 43.8 Å². The molecule has 0 aromatic heterocycles. The molecular formula is C15H28IN3S. The van der Waals surface area contributed by atoms with Crippen LogP contribution in [0.3, 0.4) is 0 Å². The van der Waals surface area contributed by atoms with Gasteiger partial charge in [0.2, 0.25) is 0 Å². The minimum atomic E-state index is 0. The molecule has 0 radical (unpaired) electrons. The fraction of sp³-hybridized carbons (Fsp3) is 0.800. The van der Waals surface area contributed by atoms with Gasteiger partial charge in [-0.05, 0) is 50.7 Å². The van der Waals surface area contributed by atoms with Gasteiger partial charge in [0.1, 0.15) is 0 Å². The van der Waals surface area contributed by atoms with Crippen LogP contribution in [-0.4, -0.2) is 36.6 Å². The molecule has 2 unspecified atom stereocenters. The van der Waals surface area contributed by atoms with Crippen LogP contribution in [-0.2, 0) is 0 Å². The van der Waals surface area contributed by atoms with Gasteiger partial charge in [0.15, 0.2) is 5.96 Å². The summed E-state index contributed by atoms with van der Waals surface area (Å²) < 4.78 is 0.394. The van der Waals surface area contributed by atoms with Crippen LogP contribution < -0.4 is 10.6 Å². The van der Waals surface area contributed by atoms with E-state index in [1.807, 2.05) is 7.05 Å². The van der Waals surface area contributed by atoms with E-state index in [9.17, 15) is 0 Å². The lowest BCUT2D eigenvalue weighted by molar-refractivity contribution is 0.468. The van der Waals surface area contributed by atoms with Gasteiger partial charge in [0.25, 0.3) is 0 Å². The predicted octanol–water partition coefficient (Wildman–Crippen LogP) is 3.41. The quantitative estimate of drug-likeness (QED) is 0.323. The molecule has 1 heterocycles. The van der Waals surface area contributed by atoms with Crippen LogP contribution in [0.2, 0.25) is 0 Å². The molecule has 3 nitrogen and oxygen atoms in total. The van der Waals surface area contributed by atoms with Crippen molar-refractivity contribution < 1.29 is 0 Å². The number of hydrogen-bond acceptors (Lipinski definition) is 2. The van der Waals surface area contributed by atoms with Crippen LogP contribution in [0, 0.1) is 5.92 Å². The Hall–Kier alpha value is 0.0900. The van der Waals surface area contributed by atoms with Crippen molar-refractivity contribution in [1.29, 1.82) is 0 Å². The Morgan fingerprint density at radius 2 is 2.25 bits per heavy atom. The Labute approximate surface area is 144 Å². The number of nitrogens with one attached hydrogen (secondary N) is 2. The molecule has 2 N–H and O–H groups in total. The zero-order valence-electron chi connectivity index (χ0n) is 12.7. The molecule has 1 fully saturated rings. The van der Waals surface area contributed by atoms with Gasteiger partial charge < -0.3 is 10.6 Å². The molecule has 20 heavy (non-hydrogen) atoms. The van der Waals surface area contributed by atoms with Gasteiger partial charge in [0, 0.05) is 24.9 Å². The number of halogens is 1. The fourth-order valence-electron chi connectivity index (χ4n) is 2.75. The molecule has 0 saturated carbocycles. The van der Waals surface area contributed by atoms with E-state index < -0.39 is 0 Å². The first-order valence-corrected chi connectivity index (χ1v) is 8.44. The highest BCUT2D eigenvalue weighted by atomic mass is 127. The second-order valence-electron chi connectivity index (χ2n) is 5.86. The van der Waals surface area contributed by atoms with Crippen LogP contribution in [0.1, 0.15) is 39.0 Å². The van der Waals surface area contributed by atoms with E-state index in [1.54, 1.807) is 0 Å². The van der Waals surface area contributed by atoms with Crippen molar-refractivity contribution in [3.63, 3.8) is 0 Å². The summed E-state index contributed by atoms with van der Waals surface area (Å²) in [7, 11) is 1.86. The summed E-state index contributed by atoms with van der Waals surface area (Å²) in [4.78, 5) is 4.33. The van der Waals surface area contributed by atoms with Gasteiger partial charge >= 0.3 is 0 Å². The standard InChI is InChI=1S/C15H27N3S.HI/c1-15(9-6-10-19-15)12-18-14(16-2)17-11-13-7-4-3-5-8-13;/h3-4,13H,5-12H2,1-2H3,(H2,16,17,18);1H. The van der Waals surface area contributed by atoms with E-state index >= 15 is 0 Å². The van der Waals surface area contributed by atoms with E-state index in [-0.39, 0.29) is 24.0 Å². The Morgan fingerprint density at radius 1 is 1.40 bits per heavy atom. The summed E-state index contributed by atoms with van der Waals surface area (Å²) in [5.74, 6) is 3.03. The van der Waals surface area contributed by atoms with Gasteiger partial charge in [0.05, 0.1) is 0 Å². The van der Waals surface area contributed by atoms with Crippen molar-refractivity contribution in [2.24, 2.45) is 10.9 Å². The minimum absolute atomic E-state index is 0. The van der Waals surface area contributed by atoms with Gasteiger partial charge in [-0.3, -0.25) is 4.99 Å². The van der Waals surface area contributed by atoms with Gasteiger partial charge in [-0.2, -0.15) is 11.8 Å². The number of hydrogen-bond donors (Lipinski definition) is 2. The van der Waals surface area contributed by atoms with Crippen molar-refractivity contribution in [3.05, 3.63) is 12.2 Å². The smallest absolute Gasteiger partial charge is 0.191 e. The van der Waals surface area contributed by atoms with Gasteiger partial charge in [-0.25, -0.2) is 0 Å². The maximum absolute atomic E-state index is 4.33. The predicted molar refractivity (Wildman–Crippen MR) is 101 cm³/mol. The highest BCUT2D eigenvalue weighted by Crippen LogP contribution is 2.36. The Bertz CT molecular complexity index is 338. The van der Waals surface area contributed by atoms with Crippen LogP contribution >= 0.6 is 35.7 Å². The number of nitrogens with zero attached hydrogens (tertiary/aromatic N) is 1. The molecule has 0 spiro atoms. The first kappa shape index (κ1) is 18.1. The van der Waals surface area contributed by atoms with Gasteiger partial charge in [-0.1, -0.05) is 12.2 Å². The van der Waals surface area contributed by atoms with E-state index in [2.05, 4.69) is 46.5 Å². The van der Waals surface area contributed by atoms with Crippen molar-refractivity contribution in [2.75, 3.05) is 25.9 Å². The van der Waals surface area contributed by atoms with Crippen molar-refractivity contribution >= 4 is 41.7 Å². The summed E-state index contributed by atoms with van der Waals surface area (Å²) in [5.41, 5.74) is 0. The largest absolute Gasteiger partial charge is 0.356 e. The van der Waals surface area contributed by atoms with Crippen LogP contribution in [0.4, 0.5) is 0 Å². The number of guanidine groups is 1. The summed E-state index contributed by atoms with van der Waals surface area (Å²) in [6, 6.07) is 0. The fourth-order valence-corrected chi connectivity index (χ4v) is 3.99. The normalized spacial score (nSPS) is 29.9. The number of thioether (sulfide) groups is 1. The molecule has 5 heteroatoms. The van der Waals surface area contributed by atoms with Crippen LogP contribution in [0.25, 0.3) is 0 Å². The second kappa shape index (κ2) is 9.18. The van der Waals surface area contributed by atoms with Crippen molar-refractivity contribution in [1.82, 2.24) is 10.6 Å². The molecule has 1 saturated heterocycles. The third-order valence-electron chi connectivity index (χ3n) is 4.09. The highest BCUT2D eigenvalue weighted by Gasteiger charge is 2.29. The minimum Gasteiger partial charge on any atom is -0.356 e.